The van der Waals surface area contributed by atoms with Crippen molar-refractivity contribution in [1.82, 2.24) is 19.7 Å². The molecule has 25 heavy (non-hydrogen) atoms. The molecule has 0 saturated heterocycles. The summed E-state index contributed by atoms with van der Waals surface area (Å²) in [5.74, 6) is 0. The topological polar surface area (TPSA) is 34.0 Å². The van der Waals surface area contributed by atoms with E-state index in [2.05, 4.69) is 66.4 Å². The summed E-state index contributed by atoms with van der Waals surface area (Å²) >= 11 is 1.78. The first-order chi connectivity index (χ1) is 12.2. The summed E-state index contributed by atoms with van der Waals surface area (Å²) in [6.07, 6.45) is 3.75. The first kappa shape index (κ1) is 16.0. The largest absolute Gasteiger partial charge is 0.293 e. The molecule has 0 unspecified atom stereocenters. The third kappa shape index (κ3) is 3.34. The minimum atomic E-state index is 0.281. The fourth-order valence-corrected chi connectivity index (χ4v) is 3.94. The van der Waals surface area contributed by atoms with Gasteiger partial charge in [-0.15, -0.1) is 11.3 Å². The van der Waals surface area contributed by atoms with Crippen LogP contribution in [0.2, 0.25) is 0 Å². The number of rotatable bonds is 5. The van der Waals surface area contributed by atoms with E-state index >= 15 is 0 Å². The second-order valence-corrected chi connectivity index (χ2v) is 7.29. The lowest BCUT2D eigenvalue weighted by Crippen LogP contribution is -2.21. The highest BCUT2D eigenvalue weighted by atomic mass is 32.1. The van der Waals surface area contributed by atoms with Crippen molar-refractivity contribution in [2.45, 2.75) is 19.5 Å². The summed E-state index contributed by atoms with van der Waals surface area (Å²) in [6, 6.07) is 19.1. The molecule has 1 atom stereocenters. The predicted molar refractivity (Wildman–Crippen MR) is 103 cm³/mol. The van der Waals surface area contributed by atoms with Gasteiger partial charge in [-0.05, 0) is 49.9 Å². The summed E-state index contributed by atoms with van der Waals surface area (Å²) in [7, 11) is 2.15. The van der Waals surface area contributed by atoms with Crippen molar-refractivity contribution in [3.05, 3.63) is 77.6 Å². The maximum absolute atomic E-state index is 4.79. The van der Waals surface area contributed by atoms with Gasteiger partial charge < -0.3 is 0 Å². The molecule has 0 aliphatic rings. The molecule has 2 heterocycles. The van der Waals surface area contributed by atoms with Crippen molar-refractivity contribution < 1.29 is 0 Å². The lowest BCUT2D eigenvalue weighted by Gasteiger charge is -2.23. The SMILES string of the molecule is C[C@@H](c1nc2ccccc2s1)N(C)Cc1ccc(-n2cccn2)cc1. The van der Waals surface area contributed by atoms with E-state index in [1.165, 1.54) is 10.3 Å². The van der Waals surface area contributed by atoms with Crippen molar-refractivity contribution in [1.29, 1.82) is 0 Å². The molecule has 0 bridgehead atoms. The quantitative estimate of drug-likeness (QED) is 0.525. The third-order valence-electron chi connectivity index (χ3n) is 4.47. The molecule has 0 saturated carbocycles. The van der Waals surface area contributed by atoms with Crippen LogP contribution in [0.15, 0.2) is 67.0 Å². The number of hydrogen-bond donors (Lipinski definition) is 0. The second-order valence-electron chi connectivity index (χ2n) is 6.23. The second kappa shape index (κ2) is 6.78. The van der Waals surface area contributed by atoms with Crippen molar-refractivity contribution in [2.75, 3.05) is 7.05 Å². The van der Waals surface area contributed by atoms with Crippen LogP contribution in [0.3, 0.4) is 0 Å². The highest BCUT2D eigenvalue weighted by Gasteiger charge is 2.16. The molecule has 0 spiro atoms. The molecular weight excluding hydrogens is 328 g/mol. The van der Waals surface area contributed by atoms with E-state index in [-0.39, 0.29) is 6.04 Å². The zero-order chi connectivity index (χ0) is 17.2. The van der Waals surface area contributed by atoms with Gasteiger partial charge in [-0.3, -0.25) is 4.90 Å². The van der Waals surface area contributed by atoms with Gasteiger partial charge in [0.25, 0.3) is 0 Å². The number of para-hydroxylation sites is 1. The van der Waals surface area contributed by atoms with Gasteiger partial charge in [-0.1, -0.05) is 24.3 Å². The van der Waals surface area contributed by atoms with Crippen LogP contribution >= 0.6 is 11.3 Å². The van der Waals surface area contributed by atoms with Crippen molar-refractivity contribution in [2.24, 2.45) is 0 Å². The molecule has 2 aromatic carbocycles. The Hall–Kier alpha value is -2.50. The Balaban J connectivity index is 1.48. The molecule has 4 rings (SSSR count). The Morgan fingerprint density at radius 1 is 1.08 bits per heavy atom. The van der Waals surface area contributed by atoms with E-state index in [1.807, 2.05) is 23.0 Å². The van der Waals surface area contributed by atoms with Gasteiger partial charge in [0.1, 0.15) is 5.01 Å². The predicted octanol–water partition coefficient (Wildman–Crippen LogP) is 4.68. The average molecular weight is 348 g/mol. The molecule has 2 aromatic heterocycles. The molecule has 126 valence electrons. The monoisotopic (exact) mass is 348 g/mol. The fourth-order valence-electron chi connectivity index (χ4n) is 2.86. The molecule has 0 radical (unpaired) electrons. The molecule has 0 N–H and O–H groups in total. The van der Waals surface area contributed by atoms with Crippen LogP contribution in [-0.4, -0.2) is 26.7 Å². The smallest absolute Gasteiger partial charge is 0.111 e. The van der Waals surface area contributed by atoms with E-state index in [1.54, 1.807) is 17.5 Å². The fraction of sp³-hybridized carbons (Fsp3) is 0.200. The average Bonchev–Trinajstić information content (AvgIpc) is 3.31. The van der Waals surface area contributed by atoms with Crippen LogP contribution in [0.1, 0.15) is 23.5 Å². The van der Waals surface area contributed by atoms with Crippen LogP contribution in [0.5, 0.6) is 0 Å². The lowest BCUT2D eigenvalue weighted by atomic mass is 10.2. The Labute approximate surface area is 151 Å². The molecular formula is C20H20N4S. The van der Waals surface area contributed by atoms with Crippen LogP contribution in [0.4, 0.5) is 0 Å². The van der Waals surface area contributed by atoms with E-state index in [4.69, 9.17) is 4.98 Å². The van der Waals surface area contributed by atoms with Gasteiger partial charge in [0.2, 0.25) is 0 Å². The number of aromatic nitrogens is 3. The molecule has 0 aliphatic heterocycles. The van der Waals surface area contributed by atoms with Crippen LogP contribution in [-0.2, 0) is 6.54 Å². The summed E-state index contributed by atoms with van der Waals surface area (Å²) < 4.78 is 3.12. The van der Waals surface area contributed by atoms with Crippen LogP contribution in [0, 0.1) is 0 Å². The number of thiazole rings is 1. The van der Waals surface area contributed by atoms with Crippen molar-refractivity contribution in [3.8, 4) is 5.69 Å². The van der Waals surface area contributed by atoms with Crippen LogP contribution < -0.4 is 0 Å². The van der Waals surface area contributed by atoms with E-state index in [0.717, 1.165) is 22.8 Å². The summed E-state index contributed by atoms with van der Waals surface area (Å²) in [5, 5.41) is 5.43. The highest BCUT2D eigenvalue weighted by Crippen LogP contribution is 2.29. The van der Waals surface area contributed by atoms with E-state index in [9.17, 15) is 0 Å². The summed E-state index contributed by atoms with van der Waals surface area (Å²) in [6.45, 7) is 3.10. The van der Waals surface area contributed by atoms with Crippen LogP contribution in [0.25, 0.3) is 15.9 Å². The first-order valence-electron chi connectivity index (χ1n) is 8.35. The third-order valence-corrected chi connectivity index (χ3v) is 5.67. The Kier molecular flexibility index (Phi) is 4.34. The molecule has 0 aliphatic carbocycles. The van der Waals surface area contributed by atoms with Gasteiger partial charge in [0, 0.05) is 18.9 Å². The lowest BCUT2D eigenvalue weighted by molar-refractivity contribution is 0.253. The number of nitrogens with zero attached hydrogens (tertiary/aromatic N) is 4. The van der Waals surface area contributed by atoms with E-state index in [0.29, 0.717) is 0 Å². The zero-order valence-electron chi connectivity index (χ0n) is 14.3. The van der Waals surface area contributed by atoms with Crippen molar-refractivity contribution >= 4 is 21.6 Å². The Morgan fingerprint density at radius 3 is 2.60 bits per heavy atom. The van der Waals surface area contributed by atoms with Crippen molar-refractivity contribution in [3.63, 3.8) is 0 Å². The molecule has 5 heteroatoms. The number of hydrogen-bond acceptors (Lipinski definition) is 4. The van der Waals surface area contributed by atoms with Gasteiger partial charge in [0.05, 0.1) is 21.9 Å². The molecule has 0 fully saturated rings. The van der Waals surface area contributed by atoms with Gasteiger partial charge in [0.15, 0.2) is 0 Å². The van der Waals surface area contributed by atoms with E-state index < -0.39 is 0 Å². The van der Waals surface area contributed by atoms with Gasteiger partial charge in [-0.25, -0.2) is 9.67 Å². The summed E-state index contributed by atoms with van der Waals surface area (Å²) in [5.41, 5.74) is 3.45. The minimum Gasteiger partial charge on any atom is -0.293 e. The Bertz CT molecular complexity index is 924. The number of fused-ring (bicyclic) bond motifs is 1. The van der Waals surface area contributed by atoms with Gasteiger partial charge in [-0.2, -0.15) is 5.10 Å². The highest BCUT2D eigenvalue weighted by molar-refractivity contribution is 7.18. The number of benzene rings is 2. The minimum absolute atomic E-state index is 0.281. The van der Waals surface area contributed by atoms with Gasteiger partial charge >= 0.3 is 0 Å². The summed E-state index contributed by atoms with van der Waals surface area (Å²) in [4.78, 5) is 7.12. The Morgan fingerprint density at radius 2 is 1.88 bits per heavy atom. The first-order valence-corrected chi connectivity index (χ1v) is 9.17. The zero-order valence-corrected chi connectivity index (χ0v) is 15.1. The molecule has 0 amide bonds. The standard InChI is InChI=1S/C20H20N4S/c1-15(20-22-18-6-3-4-7-19(18)25-20)23(2)14-16-8-10-17(11-9-16)24-13-5-12-21-24/h3-13,15H,14H2,1-2H3/t15-/m0/s1. The maximum atomic E-state index is 4.79. The normalized spacial score (nSPS) is 12.8. The molecule has 4 nitrogen and oxygen atoms in total. The maximum Gasteiger partial charge on any atom is 0.111 e. The molecule has 4 aromatic rings.